The summed E-state index contributed by atoms with van der Waals surface area (Å²) in [5.74, 6) is 1.16. The average molecular weight is 447 g/mol. The Morgan fingerprint density at radius 2 is 0.971 bits per heavy atom. The predicted octanol–water partition coefficient (Wildman–Crippen LogP) is 6.63. The van der Waals surface area contributed by atoms with Gasteiger partial charge in [-0.25, -0.2) is 0 Å². The molecular weight excluding hydrogens is 420 g/mol. The molecule has 34 heavy (non-hydrogen) atoms. The first-order valence-electron chi connectivity index (χ1n) is 11.0. The first-order valence-corrected chi connectivity index (χ1v) is 11.0. The third-order valence-corrected chi connectivity index (χ3v) is 4.95. The molecule has 2 N–H and O–H groups in total. The molecule has 0 amide bonds. The smallest absolute Gasteiger partial charge is 0.176 e. The van der Waals surface area contributed by atoms with E-state index in [1.165, 1.54) is 0 Å². The van der Waals surface area contributed by atoms with E-state index in [1.807, 2.05) is 74.5 Å². The van der Waals surface area contributed by atoms with Crippen LogP contribution in [0.1, 0.15) is 25.0 Å². The van der Waals surface area contributed by atoms with Gasteiger partial charge in [-0.2, -0.15) is 10.2 Å². The Hall–Kier alpha value is -4.58. The molecular formula is C28H26N6. The first kappa shape index (κ1) is 22.6. The van der Waals surface area contributed by atoms with Crippen LogP contribution in [0, 0.1) is 0 Å². The fourth-order valence-electron chi connectivity index (χ4n) is 3.36. The van der Waals surface area contributed by atoms with E-state index < -0.39 is 0 Å². The van der Waals surface area contributed by atoms with Crippen LogP contribution in [0.5, 0.6) is 0 Å². The highest BCUT2D eigenvalue weighted by atomic mass is 15.4. The zero-order valence-corrected chi connectivity index (χ0v) is 19.2. The molecule has 0 fully saturated rings. The van der Waals surface area contributed by atoms with Gasteiger partial charge in [0.05, 0.1) is 12.4 Å². The molecule has 1 heterocycles. The summed E-state index contributed by atoms with van der Waals surface area (Å²) in [5.41, 5.74) is 10.3. The molecule has 0 unspecified atom stereocenters. The second-order valence-electron chi connectivity index (χ2n) is 7.78. The maximum atomic E-state index is 4.34. The molecule has 0 radical (unpaired) electrons. The SMILES string of the molecule is CC(/C=N\Nc1nnc(N/N=C/C(C)=C\c2ccccc2)c2ccccc12)=C/c1ccccc1. The van der Waals surface area contributed by atoms with E-state index in [1.54, 1.807) is 12.4 Å². The van der Waals surface area contributed by atoms with Crippen molar-refractivity contribution in [3.05, 3.63) is 107 Å². The zero-order valence-electron chi connectivity index (χ0n) is 19.2. The topological polar surface area (TPSA) is 74.6 Å². The van der Waals surface area contributed by atoms with Gasteiger partial charge in [0.1, 0.15) is 0 Å². The number of allylic oxidation sites excluding steroid dienone is 2. The number of anilines is 2. The Kier molecular flexibility index (Phi) is 7.54. The quantitative estimate of drug-likeness (QED) is 0.235. The highest BCUT2D eigenvalue weighted by Gasteiger charge is 2.07. The van der Waals surface area contributed by atoms with Crippen LogP contribution in [-0.4, -0.2) is 22.6 Å². The summed E-state index contributed by atoms with van der Waals surface area (Å²) in [4.78, 5) is 0. The van der Waals surface area contributed by atoms with Gasteiger partial charge in [-0.05, 0) is 36.1 Å². The molecule has 0 aliphatic heterocycles. The van der Waals surface area contributed by atoms with Crippen molar-refractivity contribution in [2.24, 2.45) is 10.2 Å². The maximum absolute atomic E-state index is 4.34. The minimum atomic E-state index is 0.578. The number of hydrogen-bond acceptors (Lipinski definition) is 6. The molecule has 0 spiro atoms. The van der Waals surface area contributed by atoms with Crippen molar-refractivity contribution in [2.45, 2.75) is 13.8 Å². The number of rotatable bonds is 8. The highest BCUT2D eigenvalue weighted by Crippen LogP contribution is 2.25. The van der Waals surface area contributed by atoms with Gasteiger partial charge in [-0.1, -0.05) is 97.1 Å². The fraction of sp³-hybridized carbons (Fsp3) is 0.0714. The van der Waals surface area contributed by atoms with Crippen LogP contribution in [0.4, 0.5) is 11.6 Å². The Morgan fingerprint density at radius 3 is 1.38 bits per heavy atom. The lowest BCUT2D eigenvalue weighted by atomic mass is 10.1. The van der Waals surface area contributed by atoms with Gasteiger partial charge >= 0.3 is 0 Å². The van der Waals surface area contributed by atoms with Crippen LogP contribution in [0.15, 0.2) is 106 Å². The summed E-state index contributed by atoms with van der Waals surface area (Å²) in [7, 11) is 0. The molecule has 6 nitrogen and oxygen atoms in total. The lowest BCUT2D eigenvalue weighted by molar-refractivity contribution is 1.03. The van der Waals surface area contributed by atoms with E-state index in [-0.39, 0.29) is 0 Å². The summed E-state index contributed by atoms with van der Waals surface area (Å²) in [5, 5.41) is 19.1. The average Bonchev–Trinajstić information content (AvgIpc) is 2.86. The minimum Gasteiger partial charge on any atom is -0.259 e. The Morgan fingerprint density at radius 1 is 0.588 bits per heavy atom. The van der Waals surface area contributed by atoms with E-state index in [2.05, 4.69) is 67.7 Å². The third-order valence-electron chi connectivity index (χ3n) is 4.95. The van der Waals surface area contributed by atoms with Gasteiger partial charge in [0.25, 0.3) is 0 Å². The van der Waals surface area contributed by atoms with Crippen LogP contribution < -0.4 is 10.9 Å². The molecule has 168 valence electrons. The highest BCUT2D eigenvalue weighted by molar-refractivity contribution is 5.98. The Labute approximate surface area is 199 Å². The van der Waals surface area contributed by atoms with Crippen molar-refractivity contribution >= 4 is 47.0 Å². The van der Waals surface area contributed by atoms with E-state index in [9.17, 15) is 0 Å². The van der Waals surface area contributed by atoms with Gasteiger partial charge < -0.3 is 0 Å². The van der Waals surface area contributed by atoms with E-state index in [0.717, 1.165) is 33.0 Å². The van der Waals surface area contributed by atoms with Gasteiger partial charge in [0.15, 0.2) is 11.6 Å². The van der Waals surface area contributed by atoms with Gasteiger partial charge in [0.2, 0.25) is 0 Å². The number of nitrogens with zero attached hydrogens (tertiary/aromatic N) is 4. The predicted molar refractivity (Wildman–Crippen MR) is 144 cm³/mol. The van der Waals surface area contributed by atoms with Gasteiger partial charge in [0, 0.05) is 10.8 Å². The molecule has 0 atom stereocenters. The summed E-state index contributed by atoms with van der Waals surface area (Å²) < 4.78 is 0. The van der Waals surface area contributed by atoms with Gasteiger partial charge in [-0.15, -0.1) is 10.2 Å². The standard InChI is InChI=1S/C28H26N6/c1-21(17-23-11-5-3-6-12-23)19-29-31-27-25-15-9-10-16-26(25)28(34-33-27)32-30-20-22(2)18-24-13-7-4-8-14-24/h3-20H,1-2H3,(H,31,33)(H,32,34)/b21-17-,22-18-,29-19-,30-20+. The molecule has 0 saturated carbocycles. The van der Waals surface area contributed by atoms with Crippen molar-refractivity contribution in [2.75, 3.05) is 10.9 Å². The molecule has 3 aromatic carbocycles. The number of hydrazone groups is 2. The van der Waals surface area contributed by atoms with Crippen molar-refractivity contribution < 1.29 is 0 Å². The number of fused-ring (bicyclic) bond motifs is 1. The second kappa shape index (κ2) is 11.3. The van der Waals surface area contributed by atoms with Crippen LogP contribution in [-0.2, 0) is 0 Å². The largest absolute Gasteiger partial charge is 0.259 e. The molecule has 0 aliphatic rings. The second-order valence-corrected chi connectivity index (χ2v) is 7.78. The first-order chi connectivity index (χ1) is 16.7. The molecule has 1 aromatic heterocycles. The minimum absolute atomic E-state index is 0.578. The number of benzene rings is 3. The van der Waals surface area contributed by atoms with Gasteiger partial charge in [-0.3, -0.25) is 10.9 Å². The number of aromatic nitrogens is 2. The zero-order chi connectivity index (χ0) is 23.6. The van der Waals surface area contributed by atoms with Crippen molar-refractivity contribution in [3.63, 3.8) is 0 Å². The monoisotopic (exact) mass is 446 g/mol. The van der Waals surface area contributed by atoms with Crippen LogP contribution >= 0.6 is 0 Å². The summed E-state index contributed by atoms with van der Waals surface area (Å²) in [6.07, 6.45) is 7.66. The summed E-state index contributed by atoms with van der Waals surface area (Å²) in [6, 6.07) is 28.1. The third kappa shape index (κ3) is 6.23. The molecule has 4 rings (SSSR count). The van der Waals surface area contributed by atoms with E-state index >= 15 is 0 Å². The Balaban J connectivity index is 1.47. The van der Waals surface area contributed by atoms with E-state index in [4.69, 9.17) is 0 Å². The van der Waals surface area contributed by atoms with Crippen LogP contribution in [0.25, 0.3) is 22.9 Å². The molecule has 0 bridgehead atoms. The van der Waals surface area contributed by atoms with Crippen molar-refractivity contribution in [3.8, 4) is 0 Å². The van der Waals surface area contributed by atoms with Crippen molar-refractivity contribution in [1.29, 1.82) is 0 Å². The van der Waals surface area contributed by atoms with Crippen LogP contribution in [0.2, 0.25) is 0 Å². The maximum Gasteiger partial charge on any atom is 0.176 e. The summed E-state index contributed by atoms with van der Waals surface area (Å²) >= 11 is 0. The molecule has 6 heteroatoms. The van der Waals surface area contributed by atoms with Crippen molar-refractivity contribution in [1.82, 2.24) is 10.2 Å². The van der Waals surface area contributed by atoms with E-state index in [0.29, 0.717) is 11.6 Å². The van der Waals surface area contributed by atoms with Crippen LogP contribution in [0.3, 0.4) is 0 Å². The molecule has 0 aliphatic carbocycles. The summed E-state index contributed by atoms with van der Waals surface area (Å²) in [6.45, 7) is 4.00. The lowest BCUT2D eigenvalue weighted by Crippen LogP contribution is -2.01. The molecule has 0 saturated heterocycles. The molecule has 4 aromatic rings. The lowest BCUT2D eigenvalue weighted by Gasteiger charge is -2.08. The number of nitrogens with one attached hydrogen (secondary N) is 2. The normalized spacial score (nSPS) is 12.5. The Bertz CT molecular complexity index is 1250. The number of hydrogen-bond donors (Lipinski definition) is 2. The fourth-order valence-corrected chi connectivity index (χ4v) is 3.36.